The summed E-state index contributed by atoms with van der Waals surface area (Å²) in [5.74, 6) is 0.0562. The molecule has 8 heteroatoms. The zero-order valence-electron chi connectivity index (χ0n) is 20.3. The summed E-state index contributed by atoms with van der Waals surface area (Å²) < 4.78 is 1.77. The van der Waals surface area contributed by atoms with Crippen molar-refractivity contribution in [1.82, 2.24) is 14.6 Å². The molecule has 1 aliphatic rings. The minimum Gasteiger partial charge on any atom is -0.384 e. The molecule has 2 N–H and O–H groups in total. The van der Waals surface area contributed by atoms with Gasteiger partial charge in [0.15, 0.2) is 0 Å². The number of benzene rings is 2. The molecule has 0 spiro atoms. The van der Waals surface area contributed by atoms with E-state index in [0.717, 1.165) is 35.4 Å². The van der Waals surface area contributed by atoms with Crippen LogP contribution in [-0.2, 0) is 16.0 Å². The smallest absolute Gasteiger partial charge is 0.254 e. The van der Waals surface area contributed by atoms with Gasteiger partial charge in [0.25, 0.3) is 5.95 Å². The molecule has 4 aromatic rings. The van der Waals surface area contributed by atoms with Crippen LogP contribution in [0.2, 0.25) is 0 Å². The minimum absolute atomic E-state index is 0.0554. The highest BCUT2D eigenvalue weighted by atomic mass is 16.2. The predicted octanol–water partition coefficient (Wildman–Crippen LogP) is 5.03. The molecule has 1 aliphatic heterocycles. The van der Waals surface area contributed by atoms with Gasteiger partial charge in [-0.05, 0) is 48.4 Å². The van der Waals surface area contributed by atoms with Crippen LogP contribution in [0.1, 0.15) is 33.3 Å². The van der Waals surface area contributed by atoms with Crippen LogP contribution >= 0.6 is 0 Å². The second kappa shape index (κ2) is 8.54. The molecule has 0 fully saturated rings. The lowest BCUT2D eigenvalue weighted by Gasteiger charge is -2.20. The molecule has 0 atom stereocenters. The fourth-order valence-electron chi connectivity index (χ4n) is 4.14. The Hall–Kier alpha value is -4.20. The van der Waals surface area contributed by atoms with Crippen LogP contribution in [0.4, 0.5) is 23.0 Å². The van der Waals surface area contributed by atoms with Gasteiger partial charge in [-0.15, -0.1) is 5.10 Å². The molecule has 8 nitrogen and oxygen atoms in total. The monoisotopic (exact) mass is 468 g/mol. The van der Waals surface area contributed by atoms with Gasteiger partial charge in [0, 0.05) is 35.8 Å². The molecule has 2 aromatic carbocycles. The van der Waals surface area contributed by atoms with E-state index in [4.69, 9.17) is 5.10 Å². The molecule has 0 saturated heterocycles. The maximum absolute atomic E-state index is 12.7. The molecule has 5 rings (SSSR count). The van der Waals surface area contributed by atoms with E-state index in [2.05, 4.69) is 15.6 Å². The Kier molecular flexibility index (Phi) is 5.51. The fourth-order valence-corrected chi connectivity index (χ4v) is 4.14. The molecule has 2 amide bonds. The molecule has 178 valence electrons. The van der Waals surface area contributed by atoms with Crippen LogP contribution < -0.4 is 15.5 Å². The van der Waals surface area contributed by atoms with Gasteiger partial charge in [-0.3, -0.25) is 9.59 Å². The molecule has 0 aliphatic carbocycles. The van der Waals surface area contributed by atoms with Crippen LogP contribution in [0.25, 0.3) is 16.8 Å². The summed E-state index contributed by atoms with van der Waals surface area (Å²) in [5.41, 5.74) is 5.71. The number of hydrogen-bond acceptors (Lipinski definition) is 5. The third-order valence-electron chi connectivity index (χ3n) is 6.06. The number of anilines is 4. The number of carbonyl (C=O) groups excluding carboxylic acids is 2. The minimum atomic E-state index is -0.497. The van der Waals surface area contributed by atoms with E-state index >= 15 is 0 Å². The molecule has 0 radical (unpaired) electrons. The summed E-state index contributed by atoms with van der Waals surface area (Å²) in [7, 11) is 0. The molecule has 3 heterocycles. The van der Waals surface area contributed by atoms with E-state index in [1.807, 2.05) is 75.4 Å². The Morgan fingerprint density at radius 2 is 1.91 bits per heavy atom. The number of carbonyl (C=O) groups is 2. The van der Waals surface area contributed by atoms with Crippen molar-refractivity contribution in [3.63, 3.8) is 0 Å². The van der Waals surface area contributed by atoms with Crippen molar-refractivity contribution in [3.05, 3.63) is 66.4 Å². The zero-order chi connectivity index (χ0) is 24.7. The predicted molar refractivity (Wildman–Crippen MR) is 138 cm³/mol. The largest absolute Gasteiger partial charge is 0.384 e. The van der Waals surface area contributed by atoms with Gasteiger partial charge in [0.2, 0.25) is 11.8 Å². The number of nitrogens with one attached hydrogen (secondary N) is 2. The topological polar surface area (TPSA) is 91.6 Å². The van der Waals surface area contributed by atoms with Gasteiger partial charge in [0.05, 0.1) is 23.1 Å². The van der Waals surface area contributed by atoms with Gasteiger partial charge >= 0.3 is 0 Å². The molecule has 0 bridgehead atoms. The number of fused-ring (bicyclic) bond motifs is 2. The molecule has 35 heavy (non-hydrogen) atoms. The van der Waals surface area contributed by atoms with Gasteiger partial charge < -0.3 is 10.6 Å². The Labute approximate surface area is 204 Å². The first-order chi connectivity index (χ1) is 16.7. The summed E-state index contributed by atoms with van der Waals surface area (Å²) in [5, 5.41) is 11.1. The van der Waals surface area contributed by atoms with Crippen LogP contribution in [-0.4, -0.2) is 33.0 Å². The SMILES string of the molecule is CC(=O)N(c1ccc2c(c1)NCC2)c1ncc2ccc(-c3cccc(NC(=O)C(C)(C)C)c3)n2n1. The quantitative estimate of drug-likeness (QED) is 0.438. The van der Waals surface area contributed by atoms with Gasteiger partial charge in [-0.2, -0.15) is 0 Å². The van der Waals surface area contributed by atoms with Crippen molar-refractivity contribution in [2.45, 2.75) is 34.1 Å². The number of hydrogen-bond donors (Lipinski definition) is 2. The Morgan fingerprint density at radius 1 is 1.09 bits per heavy atom. The van der Waals surface area contributed by atoms with Crippen molar-refractivity contribution < 1.29 is 9.59 Å². The van der Waals surface area contributed by atoms with Crippen LogP contribution in [0, 0.1) is 5.41 Å². The highest BCUT2D eigenvalue weighted by Gasteiger charge is 2.22. The number of rotatable bonds is 4. The lowest BCUT2D eigenvalue weighted by atomic mass is 9.95. The lowest BCUT2D eigenvalue weighted by molar-refractivity contribution is -0.123. The van der Waals surface area contributed by atoms with Crippen molar-refractivity contribution in [3.8, 4) is 11.3 Å². The third-order valence-corrected chi connectivity index (χ3v) is 6.06. The summed E-state index contributed by atoms with van der Waals surface area (Å²) in [6, 6.07) is 17.5. The van der Waals surface area contributed by atoms with E-state index in [-0.39, 0.29) is 17.8 Å². The Bertz CT molecular complexity index is 1450. The normalized spacial score (nSPS) is 12.8. The lowest BCUT2D eigenvalue weighted by Crippen LogP contribution is -2.27. The van der Waals surface area contributed by atoms with Crippen molar-refractivity contribution in [1.29, 1.82) is 0 Å². The summed E-state index contributed by atoms with van der Waals surface area (Å²) >= 11 is 0. The van der Waals surface area contributed by atoms with E-state index in [1.54, 1.807) is 10.7 Å². The van der Waals surface area contributed by atoms with E-state index in [0.29, 0.717) is 11.4 Å². The zero-order valence-corrected chi connectivity index (χ0v) is 20.3. The van der Waals surface area contributed by atoms with Gasteiger partial charge in [0.1, 0.15) is 0 Å². The van der Waals surface area contributed by atoms with Gasteiger partial charge in [-0.1, -0.05) is 39.0 Å². The van der Waals surface area contributed by atoms with Gasteiger partial charge in [-0.25, -0.2) is 14.4 Å². The highest BCUT2D eigenvalue weighted by Crippen LogP contribution is 2.31. The molecule has 0 unspecified atom stereocenters. The average molecular weight is 469 g/mol. The van der Waals surface area contributed by atoms with Crippen LogP contribution in [0.5, 0.6) is 0 Å². The van der Waals surface area contributed by atoms with Crippen LogP contribution in [0.3, 0.4) is 0 Å². The third kappa shape index (κ3) is 4.35. The standard InChI is InChI=1S/C27H28N6O2/c1-17(34)32(21-9-8-18-12-13-28-23(18)15-21)26-29-16-22-10-11-24(33(22)31-26)19-6-5-7-20(14-19)30-25(35)27(2,3)4/h5-11,14-16,28H,12-13H2,1-4H3,(H,30,35). The van der Waals surface area contributed by atoms with E-state index in [9.17, 15) is 9.59 Å². The van der Waals surface area contributed by atoms with E-state index < -0.39 is 5.41 Å². The highest BCUT2D eigenvalue weighted by molar-refractivity contribution is 5.98. The molecule has 0 saturated carbocycles. The van der Waals surface area contributed by atoms with Crippen molar-refractivity contribution >= 4 is 40.3 Å². The first-order valence-corrected chi connectivity index (χ1v) is 11.6. The molecular formula is C27H28N6O2. The summed E-state index contributed by atoms with van der Waals surface area (Å²) in [4.78, 5) is 31.1. The Balaban J connectivity index is 1.53. The number of amides is 2. The maximum atomic E-state index is 12.7. The second-order valence-electron chi connectivity index (χ2n) is 9.77. The summed E-state index contributed by atoms with van der Waals surface area (Å²) in [6.07, 6.45) is 2.68. The average Bonchev–Trinajstić information content (AvgIpc) is 3.45. The second-order valence-corrected chi connectivity index (χ2v) is 9.77. The first kappa shape index (κ1) is 22.6. The molecular weight excluding hydrogens is 440 g/mol. The number of nitrogens with zero attached hydrogens (tertiary/aromatic N) is 4. The Morgan fingerprint density at radius 3 is 2.69 bits per heavy atom. The summed E-state index contributed by atoms with van der Waals surface area (Å²) in [6.45, 7) is 8.03. The number of aromatic nitrogens is 3. The van der Waals surface area contributed by atoms with Crippen molar-refractivity contribution in [2.75, 3.05) is 22.1 Å². The fraction of sp³-hybridized carbons (Fsp3) is 0.259. The first-order valence-electron chi connectivity index (χ1n) is 11.6. The molecule has 2 aromatic heterocycles. The van der Waals surface area contributed by atoms with Crippen LogP contribution in [0.15, 0.2) is 60.8 Å². The maximum Gasteiger partial charge on any atom is 0.254 e. The van der Waals surface area contributed by atoms with Crippen molar-refractivity contribution in [2.24, 2.45) is 5.41 Å². The van der Waals surface area contributed by atoms with E-state index in [1.165, 1.54) is 17.4 Å².